The summed E-state index contributed by atoms with van der Waals surface area (Å²) in [5, 5.41) is 0. The zero-order chi connectivity index (χ0) is 14.2. The van der Waals surface area contributed by atoms with Crippen molar-refractivity contribution in [2.75, 3.05) is 0 Å². The molecule has 2 atom stereocenters. The van der Waals surface area contributed by atoms with Crippen LogP contribution in [0, 0.1) is 11.8 Å². The van der Waals surface area contributed by atoms with Crippen molar-refractivity contribution < 1.29 is 46.7 Å². The summed E-state index contributed by atoms with van der Waals surface area (Å²) in [6, 6.07) is 0. The third-order valence-electron chi connectivity index (χ3n) is 3.16. The Morgan fingerprint density at radius 1 is 1.11 bits per heavy atom. The third-order valence-corrected chi connectivity index (χ3v) is 3.67. The van der Waals surface area contributed by atoms with Crippen LogP contribution in [0.3, 0.4) is 0 Å². The summed E-state index contributed by atoms with van der Waals surface area (Å²) in [7, 11) is -4.58. The maximum atomic E-state index is 10.6. The van der Waals surface area contributed by atoms with Crippen LogP contribution < -0.4 is 29.6 Å². The van der Waals surface area contributed by atoms with Crippen molar-refractivity contribution in [2.45, 2.75) is 72.3 Å². The Balaban J connectivity index is 0. The molecule has 0 rings (SSSR count). The first-order valence-corrected chi connectivity index (χ1v) is 8.22. The van der Waals surface area contributed by atoms with E-state index in [0.29, 0.717) is 24.7 Å². The SMILES string of the molecule is CCC(C)CCCCC(CC(C)C)OS(=O)(=O)[O-].[Na+]. The summed E-state index contributed by atoms with van der Waals surface area (Å²) in [6.07, 6.45) is 5.10. The van der Waals surface area contributed by atoms with E-state index in [9.17, 15) is 13.0 Å². The quantitative estimate of drug-likeness (QED) is 0.255. The molecule has 110 valence electrons. The molecule has 0 saturated heterocycles. The molecule has 0 saturated carbocycles. The molecule has 0 spiro atoms. The van der Waals surface area contributed by atoms with Crippen LogP contribution in [0.1, 0.15) is 66.2 Å². The molecule has 4 nitrogen and oxygen atoms in total. The standard InChI is InChI=1S/C13H28O4S.Na/c1-5-12(4)8-6-7-9-13(10-11(2)3)17-18(14,15)16;/h11-13H,5-10H2,1-4H3,(H,14,15,16);/q;+1/p-1. The second-order valence-corrected chi connectivity index (χ2v) is 6.56. The van der Waals surface area contributed by atoms with Gasteiger partial charge in [0, 0.05) is 0 Å². The van der Waals surface area contributed by atoms with E-state index in [1.807, 2.05) is 13.8 Å². The van der Waals surface area contributed by atoms with Gasteiger partial charge in [0.2, 0.25) is 10.4 Å². The van der Waals surface area contributed by atoms with Gasteiger partial charge in [0.05, 0.1) is 6.10 Å². The predicted octanol–water partition coefficient (Wildman–Crippen LogP) is 0.488. The fourth-order valence-electron chi connectivity index (χ4n) is 1.97. The minimum absolute atomic E-state index is 0. The minimum Gasteiger partial charge on any atom is -0.726 e. The van der Waals surface area contributed by atoms with E-state index in [1.165, 1.54) is 6.42 Å². The van der Waals surface area contributed by atoms with Crippen molar-refractivity contribution in [3.05, 3.63) is 0 Å². The number of rotatable bonds is 10. The fraction of sp³-hybridized carbons (Fsp3) is 1.00. The number of unbranched alkanes of at least 4 members (excludes halogenated alkanes) is 1. The summed E-state index contributed by atoms with van der Waals surface area (Å²) in [4.78, 5) is 0. The van der Waals surface area contributed by atoms with Crippen LogP contribution >= 0.6 is 0 Å². The van der Waals surface area contributed by atoms with Crippen molar-refractivity contribution in [3.8, 4) is 0 Å². The largest absolute Gasteiger partial charge is 1.00 e. The monoisotopic (exact) mass is 302 g/mol. The number of hydrogen-bond donors (Lipinski definition) is 0. The maximum absolute atomic E-state index is 10.6. The first-order valence-electron chi connectivity index (χ1n) is 6.88. The number of hydrogen-bond acceptors (Lipinski definition) is 4. The first kappa shape index (κ1) is 22.2. The Morgan fingerprint density at radius 2 is 1.63 bits per heavy atom. The van der Waals surface area contributed by atoms with E-state index in [0.717, 1.165) is 19.3 Å². The maximum Gasteiger partial charge on any atom is 1.00 e. The Kier molecular flexibility index (Phi) is 13.4. The Labute approximate surface area is 140 Å². The Hall–Kier alpha value is 0.870. The predicted molar refractivity (Wildman–Crippen MR) is 71.9 cm³/mol. The molecule has 0 N–H and O–H groups in total. The van der Waals surface area contributed by atoms with Gasteiger partial charge in [-0.05, 0) is 24.7 Å². The topological polar surface area (TPSA) is 66.4 Å². The first-order chi connectivity index (χ1) is 8.24. The van der Waals surface area contributed by atoms with Crippen LogP contribution in [0.5, 0.6) is 0 Å². The third kappa shape index (κ3) is 15.1. The van der Waals surface area contributed by atoms with Gasteiger partial charge in [0.15, 0.2) is 0 Å². The van der Waals surface area contributed by atoms with Crippen molar-refractivity contribution >= 4 is 10.4 Å². The molecular formula is C13H27NaO4S. The smallest absolute Gasteiger partial charge is 0.726 e. The van der Waals surface area contributed by atoms with Gasteiger partial charge in [-0.3, -0.25) is 4.18 Å². The second kappa shape index (κ2) is 11.5. The van der Waals surface area contributed by atoms with Crippen LogP contribution in [0.2, 0.25) is 0 Å². The van der Waals surface area contributed by atoms with Gasteiger partial charge in [-0.25, -0.2) is 8.42 Å². The summed E-state index contributed by atoms with van der Waals surface area (Å²) in [6.45, 7) is 8.36. The van der Waals surface area contributed by atoms with Crippen LogP contribution in [0.25, 0.3) is 0 Å². The van der Waals surface area contributed by atoms with Crippen molar-refractivity contribution in [2.24, 2.45) is 11.8 Å². The molecule has 0 aliphatic rings. The molecule has 0 aromatic rings. The molecule has 2 unspecified atom stereocenters. The molecule has 0 aromatic carbocycles. The molecular weight excluding hydrogens is 275 g/mol. The normalized spacial score (nSPS) is 15.1. The molecule has 0 aromatic heterocycles. The van der Waals surface area contributed by atoms with E-state index >= 15 is 0 Å². The molecule has 0 aliphatic heterocycles. The average molecular weight is 302 g/mol. The van der Waals surface area contributed by atoms with Crippen molar-refractivity contribution in [3.63, 3.8) is 0 Å². The molecule has 0 fully saturated rings. The Bertz CT molecular complexity index is 304. The average Bonchev–Trinajstić information content (AvgIpc) is 2.20. The molecule has 0 bridgehead atoms. The second-order valence-electron chi connectivity index (χ2n) is 5.55. The van der Waals surface area contributed by atoms with Crippen LogP contribution in [-0.4, -0.2) is 19.1 Å². The zero-order valence-corrected chi connectivity index (χ0v) is 15.8. The molecule has 0 amide bonds. The van der Waals surface area contributed by atoms with Gasteiger partial charge in [-0.2, -0.15) is 0 Å². The van der Waals surface area contributed by atoms with Gasteiger partial charge in [-0.1, -0.05) is 53.4 Å². The van der Waals surface area contributed by atoms with Gasteiger partial charge in [-0.15, -0.1) is 0 Å². The van der Waals surface area contributed by atoms with E-state index in [4.69, 9.17) is 0 Å². The van der Waals surface area contributed by atoms with E-state index in [-0.39, 0.29) is 29.6 Å². The van der Waals surface area contributed by atoms with E-state index in [1.54, 1.807) is 0 Å². The summed E-state index contributed by atoms with van der Waals surface area (Å²) in [5.74, 6) is 1.03. The van der Waals surface area contributed by atoms with E-state index < -0.39 is 16.5 Å². The van der Waals surface area contributed by atoms with Gasteiger partial charge < -0.3 is 4.55 Å². The van der Waals surface area contributed by atoms with Crippen LogP contribution in [0.4, 0.5) is 0 Å². The Morgan fingerprint density at radius 3 is 2.05 bits per heavy atom. The molecule has 19 heavy (non-hydrogen) atoms. The molecule has 0 aliphatic carbocycles. The van der Waals surface area contributed by atoms with Crippen molar-refractivity contribution in [1.29, 1.82) is 0 Å². The molecule has 0 heterocycles. The molecule has 6 heteroatoms. The van der Waals surface area contributed by atoms with Gasteiger partial charge in [0.1, 0.15) is 0 Å². The summed E-state index contributed by atoms with van der Waals surface area (Å²) >= 11 is 0. The minimum atomic E-state index is -4.58. The van der Waals surface area contributed by atoms with Crippen LogP contribution in [-0.2, 0) is 14.6 Å². The van der Waals surface area contributed by atoms with Crippen LogP contribution in [0.15, 0.2) is 0 Å². The molecule has 0 radical (unpaired) electrons. The van der Waals surface area contributed by atoms with Gasteiger partial charge in [0.25, 0.3) is 0 Å². The fourth-order valence-corrected chi connectivity index (χ4v) is 2.47. The van der Waals surface area contributed by atoms with E-state index in [2.05, 4.69) is 18.0 Å². The summed E-state index contributed by atoms with van der Waals surface area (Å²) < 4.78 is 36.5. The van der Waals surface area contributed by atoms with Gasteiger partial charge >= 0.3 is 29.6 Å². The summed E-state index contributed by atoms with van der Waals surface area (Å²) in [5.41, 5.74) is 0. The van der Waals surface area contributed by atoms with Crippen molar-refractivity contribution in [1.82, 2.24) is 0 Å². The zero-order valence-electron chi connectivity index (χ0n) is 13.0.